The van der Waals surface area contributed by atoms with Crippen molar-refractivity contribution in [3.63, 3.8) is 0 Å². The second kappa shape index (κ2) is 7.05. The maximum atomic E-state index is 12.2. The van der Waals surface area contributed by atoms with Crippen molar-refractivity contribution in [2.45, 2.75) is 64.5 Å². The van der Waals surface area contributed by atoms with Gasteiger partial charge in [0.15, 0.2) is 17.6 Å². The third-order valence-electron chi connectivity index (χ3n) is 7.13. The predicted molar refractivity (Wildman–Crippen MR) is 111 cm³/mol. The van der Waals surface area contributed by atoms with Crippen LogP contribution in [0, 0.1) is 41.5 Å². The molecule has 0 spiro atoms. The maximum Gasteiger partial charge on any atom is 0.223 e. The summed E-state index contributed by atoms with van der Waals surface area (Å²) in [5.41, 5.74) is 5.80. The molecule has 0 aromatic heterocycles. The van der Waals surface area contributed by atoms with E-state index in [9.17, 15) is 10.1 Å². The quantitative estimate of drug-likeness (QED) is 0.346. The highest BCUT2D eigenvalue weighted by Gasteiger charge is 2.58. The highest BCUT2D eigenvalue weighted by atomic mass is 16.5. The molecule has 0 heterocycles. The molecular weight excluding hydrogens is 364 g/mol. The number of hydrogen-bond donors (Lipinski definition) is 2. The van der Waals surface area contributed by atoms with Crippen molar-refractivity contribution >= 4 is 11.7 Å². The zero-order chi connectivity index (χ0) is 20.8. The molecule has 6 heteroatoms. The Morgan fingerprint density at radius 2 is 2.00 bits per heavy atom. The van der Waals surface area contributed by atoms with Gasteiger partial charge in [0, 0.05) is 5.41 Å². The number of primary amides is 1. The number of amides is 1. The van der Waals surface area contributed by atoms with Gasteiger partial charge in [-0.05, 0) is 88.3 Å². The third kappa shape index (κ3) is 3.59. The number of nitrogens with two attached hydrogens (primary N) is 1. The van der Waals surface area contributed by atoms with Crippen molar-refractivity contribution in [3.8, 4) is 11.9 Å². The van der Waals surface area contributed by atoms with Gasteiger partial charge in [-0.2, -0.15) is 5.26 Å². The summed E-state index contributed by atoms with van der Waals surface area (Å²) in [5.74, 6) is 2.43. The topological polar surface area (TPSA) is 100 Å². The van der Waals surface area contributed by atoms with E-state index < -0.39 is 5.60 Å². The Morgan fingerprint density at radius 1 is 1.31 bits per heavy atom. The van der Waals surface area contributed by atoms with Gasteiger partial charge in [0.2, 0.25) is 5.91 Å². The lowest BCUT2D eigenvalue weighted by Gasteiger charge is -2.57. The molecule has 0 radical (unpaired) electrons. The number of hydrogen-bond acceptors (Lipinski definition) is 4. The number of aryl methyl sites for hydroxylation is 1. The highest BCUT2D eigenvalue weighted by molar-refractivity contribution is 5.91. The fourth-order valence-electron chi connectivity index (χ4n) is 6.07. The Hall–Kier alpha value is -2.55. The molecule has 0 aliphatic heterocycles. The molecule has 2 atom stereocenters. The zero-order valence-corrected chi connectivity index (χ0v) is 17.4. The standard InChI is InChI=1S/C23H30N4O2/c1-14-5-4-6-18(7-14)29-22(2,3)21(26-13-24)27-19-16-8-15-9-17(19)12-23(10-15,11-16)20(25)28/h4-7,15-17,19H,8-12H2,1-3H3,(H2,25,28)(H,26,27). The molecule has 29 heavy (non-hydrogen) atoms. The van der Waals surface area contributed by atoms with Gasteiger partial charge in [-0.15, -0.1) is 0 Å². The average Bonchev–Trinajstić information content (AvgIpc) is 2.62. The molecule has 1 amide bonds. The molecule has 4 aliphatic carbocycles. The molecule has 154 valence electrons. The summed E-state index contributed by atoms with van der Waals surface area (Å²) in [6.45, 7) is 5.88. The van der Waals surface area contributed by atoms with Crippen LogP contribution in [0.25, 0.3) is 0 Å². The van der Waals surface area contributed by atoms with Gasteiger partial charge in [-0.25, -0.2) is 0 Å². The first-order valence-electron chi connectivity index (χ1n) is 10.5. The van der Waals surface area contributed by atoms with Crippen molar-refractivity contribution in [2.24, 2.45) is 33.9 Å². The average molecular weight is 395 g/mol. The van der Waals surface area contributed by atoms with Gasteiger partial charge >= 0.3 is 0 Å². The van der Waals surface area contributed by atoms with Gasteiger partial charge in [-0.3, -0.25) is 15.1 Å². The van der Waals surface area contributed by atoms with E-state index in [1.54, 1.807) is 0 Å². The Balaban J connectivity index is 1.60. The molecule has 4 bridgehead atoms. The molecule has 0 saturated heterocycles. The molecule has 4 saturated carbocycles. The number of rotatable bonds is 5. The fourth-order valence-corrected chi connectivity index (χ4v) is 6.07. The minimum atomic E-state index is -0.778. The molecular formula is C23H30N4O2. The van der Waals surface area contributed by atoms with Crippen LogP contribution < -0.4 is 15.8 Å². The number of nitrogens with one attached hydrogen (secondary N) is 1. The van der Waals surface area contributed by atoms with Crippen LogP contribution in [-0.4, -0.2) is 23.4 Å². The molecule has 5 rings (SSSR count). The first kappa shape index (κ1) is 19.8. The molecule has 4 fully saturated rings. The zero-order valence-electron chi connectivity index (χ0n) is 17.4. The van der Waals surface area contributed by atoms with Gasteiger partial charge in [0.1, 0.15) is 5.75 Å². The number of nitriles is 1. The van der Waals surface area contributed by atoms with E-state index in [-0.39, 0.29) is 17.4 Å². The molecule has 1 aromatic carbocycles. The van der Waals surface area contributed by atoms with Crippen LogP contribution in [0.1, 0.15) is 51.5 Å². The van der Waals surface area contributed by atoms with Crippen LogP contribution in [0.5, 0.6) is 5.75 Å². The normalized spacial score (nSPS) is 33.2. The van der Waals surface area contributed by atoms with E-state index in [0.29, 0.717) is 23.6 Å². The lowest BCUT2D eigenvalue weighted by atomic mass is 9.48. The van der Waals surface area contributed by atoms with Gasteiger partial charge in [0.25, 0.3) is 0 Å². The molecule has 3 N–H and O–H groups in total. The minimum Gasteiger partial charge on any atom is -0.480 e. The van der Waals surface area contributed by atoms with Crippen LogP contribution >= 0.6 is 0 Å². The van der Waals surface area contributed by atoms with Crippen LogP contribution in [0.2, 0.25) is 0 Å². The predicted octanol–water partition coefficient (Wildman–Crippen LogP) is 3.30. The number of benzene rings is 1. The lowest BCUT2D eigenvalue weighted by Crippen LogP contribution is -2.58. The van der Waals surface area contributed by atoms with Gasteiger partial charge < -0.3 is 10.5 Å². The van der Waals surface area contributed by atoms with Crippen LogP contribution in [0.3, 0.4) is 0 Å². The van der Waals surface area contributed by atoms with Crippen molar-refractivity contribution in [2.75, 3.05) is 0 Å². The number of carbonyl (C=O) groups excluding carboxylic acids is 1. The Bertz CT molecular complexity index is 869. The largest absolute Gasteiger partial charge is 0.480 e. The van der Waals surface area contributed by atoms with E-state index >= 15 is 0 Å². The summed E-state index contributed by atoms with van der Waals surface area (Å²) >= 11 is 0. The van der Waals surface area contributed by atoms with Crippen LogP contribution in [0.4, 0.5) is 0 Å². The van der Waals surface area contributed by atoms with Gasteiger partial charge in [-0.1, -0.05) is 12.1 Å². The van der Waals surface area contributed by atoms with E-state index in [0.717, 1.165) is 43.4 Å². The lowest BCUT2D eigenvalue weighted by molar-refractivity contribution is -0.144. The summed E-state index contributed by atoms with van der Waals surface area (Å²) in [5, 5.41) is 12.1. The number of aliphatic imine (C=N–C) groups is 1. The first-order chi connectivity index (χ1) is 13.7. The van der Waals surface area contributed by atoms with Crippen molar-refractivity contribution in [1.82, 2.24) is 5.32 Å². The summed E-state index contributed by atoms with van der Waals surface area (Å²) in [6.07, 6.45) is 6.81. The molecule has 6 nitrogen and oxygen atoms in total. The van der Waals surface area contributed by atoms with Crippen molar-refractivity contribution in [1.29, 1.82) is 5.26 Å². The summed E-state index contributed by atoms with van der Waals surface area (Å²) < 4.78 is 6.23. The summed E-state index contributed by atoms with van der Waals surface area (Å²) in [7, 11) is 0. The smallest absolute Gasteiger partial charge is 0.223 e. The van der Waals surface area contributed by atoms with Crippen molar-refractivity contribution in [3.05, 3.63) is 29.8 Å². The summed E-state index contributed by atoms with van der Waals surface area (Å²) in [4.78, 5) is 17.2. The Kier molecular flexibility index (Phi) is 4.80. The monoisotopic (exact) mass is 394 g/mol. The SMILES string of the molecule is Cc1cccc(OC(C)(C)C(=NC2C3CC4CC2CC(C(N)=O)(C4)C3)NC#N)c1. The van der Waals surface area contributed by atoms with E-state index in [2.05, 4.69) is 5.32 Å². The number of amidine groups is 1. The molecule has 1 aromatic rings. The first-order valence-corrected chi connectivity index (χ1v) is 10.5. The van der Waals surface area contributed by atoms with Crippen LogP contribution in [0.15, 0.2) is 29.3 Å². The van der Waals surface area contributed by atoms with E-state index in [1.807, 2.05) is 51.2 Å². The van der Waals surface area contributed by atoms with E-state index in [1.165, 1.54) is 0 Å². The third-order valence-corrected chi connectivity index (χ3v) is 7.13. The highest BCUT2D eigenvalue weighted by Crippen LogP contribution is 2.60. The second-order valence-corrected chi connectivity index (χ2v) is 9.75. The Labute approximate surface area is 172 Å². The fraction of sp³-hybridized carbons (Fsp3) is 0.609. The Morgan fingerprint density at radius 3 is 2.59 bits per heavy atom. The maximum absolute atomic E-state index is 12.2. The minimum absolute atomic E-state index is 0.107. The van der Waals surface area contributed by atoms with Crippen molar-refractivity contribution < 1.29 is 9.53 Å². The summed E-state index contributed by atoms with van der Waals surface area (Å²) in [6, 6.07) is 7.97. The second-order valence-electron chi connectivity index (χ2n) is 9.75. The molecule has 4 aliphatic rings. The van der Waals surface area contributed by atoms with Crippen LogP contribution in [-0.2, 0) is 4.79 Å². The number of carbonyl (C=O) groups is 1. The molecule has 2 unspecified atom stereocenters. The van der Waals surface area contributed by atoms with Gasteiger partial charge in [0.05, 0.1) is 6.04 Å². The van der Waals surface area contributed by atoms with E-state index in [4.69, 9.17) is 15.5 Å². The number of ether oxygens (including phenoxy) is 1. The number of nitrogens with zero attached hydrogens (tertiary/aromatic N) is 2.